The average molecular weight is 385 g/mol. The Kier molecular flexibility index (Phi) is 20.4. The number of hydrogen-bond donors (Lipinski definition) is 1. The summed E-state index contributed by atoms with van der Waals surface area (Å²) in [7, 11) is 0. The molecule has 0 amide bonds. The third kappa shape index (κ3) is 22.9. The number of carboxylic acids is 1. The van der Waals surface area contributed by atoms with Crippen LogP contribution in [0.2, 0.25) is 0 Å². The first-order valence-corrected chi connectivity index (χ1v) is 11.5. The van der Waals surface area contributed by atoms with E-state index in [4.69, 9.17) is 9.84 Å². The first-order valence-electron chi connectivity index (χ1n) is 11.5. The molecule has 160 valence electrons. The summed E-state index contributed by atoms with van der Waals surface area (Å²) in [4.78, 5) is 21.7. The van der Waals surface area contributed by atoms with Gasteiger partial charge in [-0.3, -0.25) is 9.59 Å². The molecule has 0 radical (unpaired) electrons. The van der Waals surface area contributed by atoms with Crippen LogP contribution in [-0.4, -0.2) is 23.7 Å². The summed E-state index contributed by atoms with van der Waals surface area (Å²) in [6.07, 6.45) is 21.9. The van der Waals surface area contributed by atoms with Gasteiger partial charge in [-0.25, -0.2) is 0 Å². The molecule has 0 saturated heterocycles. The maximum atomic E-state index is 11.4. The molecule has 27 heavy (non-hydrogen) atoms. The van der Waals surface area contributed by atoms with Crippen molar-refractivity contribution >= 4 is 11.9 Å². The predicted octanol–water partition coefficient (Wildman–Crippen LogP) is 7.05. The number of rotatable bonds is 21. The van der Waals surface area contributed by atoms with Crippen LogP contribution < -0.4 is 0 Å². The number of carboxylic acid groups (broad SMARTS) is 1. The van der Waals surface area contributed by atoms with E-state index in [-0.39, 0.29) is 18.8 Å². The molecule has 1 N–H and O–H groups in total. The number of carbonyl (C=O) groups excluding carboxylic acids is 1. The van der Waals surface area contributed by atoms with Crippen LogP contribution in [0.4, 0.5) is 0 Å². The Labute approximate surface area is 167 Å². The van der Waals surface area contributed by atoms with Crippen LogP contribution in [0.15, 0.2) is 0 Å². The normalized spacial score (nSPS) is 10.9. The Bertz CT molecular complexity index is 341. The SMILES string of the molecule is CCCCCCCCCCCCCCCCCCOC(=O)CCCC(=O)O. The van der Waals surface area contributed by atoms with Gasteiger partial charge in [-0.05, 0) is 12.8 Å². The summed E-state index contributed by atoms with van der Waals surface area (Å²) >= 11 is 0. The highest BCUT2D eigenvalue weighted by Gasteiger charge is 2.04. The van der Waals surface area contributed by atoms with Gasteiger partial charge in [0.2, 0.25) is 0 Å². The molecule has 0 aliphatic carbocycles. The van der Waals surface area contributed by atoms with Crippen LogP contribution in [0.25, 0.3) is 0 Å². The minimum Gasteiger partial charge on any atom is -0.481 e. The molecule has 0 heterocycles. The van der Waals surface area contributed by atoms with E-state index < -0.39 is 5.97 Å². The number of hydrogen-bond acceptors (Lipinski definition) is 3. The van der Waals surface area contributed by atoms with Gasteiger partial charge in [-0.2, -0.15) is 0 Å². The molecule has 0 aromatic heterocycles. The van der Waals surface area contributed by atoms with Gasteiger partial charge in [0.25, 0.3) is 0 Å². The van der Waals surface area contributed by atoms with Gasteiger partial charge >= 0.3 is 11.9 Å². The fraction of sp³-hybridized carbons (Fsp3) is 0.913. The summed E-state index contributed by atoms with van der Waals surface area (Å²) in [6.45, 7) is 2.75. The number of aliphatic carboxylic acids is 1. The van der Waals surface area contributed by atoms with Crippen LogP contribution in [0.1, 0.15) is 129 Å². The van der Waals surface area contributed by atoms with Gasteiger partial charge in [0.15, 0.2) is 0 Å². The van der Waals surface area contributed by atoms with Crippen LogP contribution in [0.3, 0.4) is 0 Å². The lowest BCUT2D eigenvalue weighted by Crippen LogP contribution is -2.06. The van der Waals surface area contributed by atoms with E-state index in [0.29, 0.717) is 13.0 Å². The lowest BCUT2D eigenvalue weighted by atomic mass is 10.0. The second-order valence-corrected chi connectivity index (χ2v) is 7.77. The molecule has 0 aromatic rings. The van der Waals surface area contributed by atoms with Crippen LogP contribution >= 0.6 is 0 Å². The van der Waals surface area contributed by atoms with E-state index in [9.17, 15) is 9.59 Å². The summed E-state index contributed by atoms with van der Waals surface area (Å²) in [6, 6.07) is 0. The fourth-order valence-corrected chi connectivity index (χ4v) is 3.29. The molecule has 0 aliphatic rings. The van der Waals surface area contributed by atoms with Crippen molar-refractivity contribution < 1.29 is 19.4 Å². The van der Waals surface area contributed by atoms with Gasteiger partial charge in [-0.15, -0.1) is 0 Å². The van der Waals surface area contributed by atoms with E-state index in [1.165, 1.54) is 89.9 Å². The first-order chi connectivity index (χ1) is 13.2. The molecule has 0 unspecified atom stereocenters. The molecule has 4 heteroatoms. The number of unbranched alkanes of at least 4 members (excludes halogenated alkanes) is 15. The molecular weight excluding hydrogens is 340 g/mol. The lowest BCUT2D eigenvalue weighted by Gasteiger charge is -2.05. The van der Waals surface area contributed by atoms with Gasteiger partial charge < -0.3 is 9.84 Å². The van der Waals surface area contributed by atoms with Gasteiger partial charge in [0.1, 0.15) is 0 Å². The smallest absolute Gasteiger partial charge is 0.305 e. The fourth-order valence-electron chi connectivity index (χ4n) is 3.29. The van der Waals surface area contributed by atoms with E-state index in [0.717, 1.165) is 12.8 Å². The minimum absolute atomic E-state index is 0.0359. The molecule has 0 bridgehead atoms. The second-order valence-electron chi connectivity index (χ2n) is 7.77. The van der Waals surface area contributed by atoms with Crippen LogP contribution in [-0.2, 0) is 14.3 Å². The number of ether oxygens (including phenoxy) is 1. The van der Waals surface area contributed by atoms with Crippen molar-refractivity contribution in [2.45, 2.75) is 129 Å². The van der Waals surface area contributed by atoms with Gasteiger partial charge in [0, 0.05) is 12.8 Å². The summed E-state index contributed by atoms with van der Waals surface area (Å²) < 4.78 is 5.11. The molecule has 0 atom stereocenters. The summed E-state index contributed by atoms with van der Waals surface area (Å²) in [5, 5.41) is 8.51. The van der Waals surface area contributed by atoms with Crippen molar-refractivity contribution in [3.05, 3.63) is 0 Å². The van der Waals surface area contributed by atoms with Gasteiger partial charge in [0.05, 0.1) is 6.61 Å². The highest BCUT2D eigenvalue weighted by atomic mass is 16.5. The molecule has 0 fully saturated rings. The highest BCUT2D eigenvalue weighted by molar-refractivity contribution is 5.71. The lowest BCUT2D eigenvalue weighted by molar-refractivity contribution is -0.144. The number of carbonyl (C=O) groups is 2. The zero-order valence-electron chi connectivity index (χ0n) is 17.8. The van der Waals surface area contributed by atoms with E-state index in [2.05, 4.69) is 6.92 Å². The molecule has 0 aliphatic heterocycles. The maximum Gasteiger partial charge on any atom is 0.305 e. The zero-order valence-corrected chi connectivity index (χ0v) is 17.8. The molecular formula is C23H44O4. The third-order valence-electron chi connectivity index (χ3n) is 5.03. The standard InChI is InChI=1S/C23H44O4/c1-2-3-4-5-6-7-8-9-10-11-12-13-14-15-16-17-21-27-23(26)20-18-19-22(24)25/h2-21H2,1H3,(H,24,25). The van der Waals surface area contributed by atoms with Crippen LogP contribution in [0, 0.1) is 0 Å². The number of esters is 1. The largest absolute Gasteiger partial charge is 0.481 e. The van der Waals surface area contributed by atoms with Crippen molar-refractivity contribution in [2.24, 2.45) is 0 Å². The van der Waals surface area contributed by atoms with E-state index in [1.54, 1.807) is 0 Å². The Morgan fingerprint density at radius 2 is 1.00 bits per heavy atom. The van der Waals surface area contributed by atoms with Crippen molar-refractivity contribution in [2.75, 3.05) is 6.61 Å². The molecule has 4 nitrogen and oxygen atoms in total. The maximum absolute atomic E-state index is 11.4. The molecule has 0 spiro atoms. The monoisotopic (exact) mass is 384 g/mol. The van der Waals surface area contributed by atoms with Crippen LogP contribution in [0.5, 0.6) is 0 Å². The summed E-state index contributed by atoms with van der Waals surface area (Å²) in [5.41, 5.74) is 0. The zero-order chi connectivity index (χ0) is 20.0. The second kappa shape index (κ2) is 21.2. The minimum atomic E-state index is -0.861. The Morgan fingerprint density at radius 1 is 0.593 bits per heavy atom. The Balaban J connectivity index is 3.10. The third-order valence-corrected chi connectivity index (χ3v) is 5.03. The quantitative estimate of drug-likeness (QED) is 0.170. The summed E-state index contributed by atoms with van der Waals surface area (Å²) in [5.74, 6) is -1.13. The van der Waals surface area contributed by atoms with Crippen molar-refractivity contribution in [1.82, 2.24) is 0 Å². The topological polar surface area (TPSA) is 63.6 Å². The van der Waals surface area contributed by atoms with Crippen molar-refractivity contribution in [3.8, 4) is 0 Å². The van der Waals surface area contributed by atoms with E-state index in [1.807, 2.05) is 0 Å². The Morgan fingerprint density at radius 3 is 1.41 bits per heavy atom. The highest BCUT2D eigenvalue weighted by Crippen LogP contribution is 2.13. The molecule has 0 saturated carbocycles. The average Bonchev–Trinajstić information content (AvgIpc) is 2.64. The van der Waals surface area contributed by atoms with Crippen molar-refractivity contribution in [3.63, 3.8) is 0 Å². The first kappa shape index (κ1) is 25.9. The van der Waals surface area contributed by atoms with Gasteiger partial charge in [-0.1, -0.05) is 103 Å². The van der Waals surface area contributed by atoms with E-state index >= 15 is 0 Å². The molecule has 0 aromatic carbocycles. The Hall–Kier alpha value is -1.06. The molecule has 0 rings (SSSR count). The predicted molar refractivity (Wildman–Crippen MR) is 112 cm³/mol. The van der Waals surface area contributed by atoms with Crippen molar-refractivity contribution in [1.29, 1.82) is 0 Å².